The van der Waals surface area contributed by atoms with Crippen molar-refractivity contribution in [1.82, 2.24) is 5.32 Å². The average Bonchev–Trinajstić information content (AvgIpc) is 2.25. The molecule has 18 heavy (non-hydrogen) atoms. The van der Waals surface area contributed by atoms with Crippen molar-refractivity contribution in [3.05, 3.63) is 29.8 Å². The molecule has 1 heterocycles. The minimum Gasteiger partial charge on any atom is -0.371 e. The summed E-state index contributed by atoms with van der Waals surface area (Å²) in [4.78, 5) is 2.51. The third kappa shape index (κ3) is 2.54. The number of para-hydroxylation sites is 1. The van der Waals surface area contributed by atoms with Crippen LogP contribution < -0.4 is 10.2 Å². The zero-order chi connectivity index (χ0) is 13.3. The molecule has 2 heteroatoms. The first-order valence-electron chi connectivity index (χ1n) is 6.94. The molecule has 1 fully saturated rings. The van der Waals surface area contributed by atoms with Crippen LogP contribution in [0.1, 0.15) is 39.3 Å². The van der Waals surface area contributed by atoms with Crippen LogP contribution in [0.25, 0.3) is 0 Å². The van der Waals surface area contributed by atoms with Crippen LogP contribution in [0.5, 0.6) is 0 Å². The van der Waals surface area contributed by atoms with E-state index in [1.54, 1.807) is 0 Å². The van der Waals surface area contributed by atoms with Gasteiger partial charge in [0.1, 0.15) is 0 Å². The van der Waals surface area contributed by atoms with E-state index in [-0.39, 0.29) is 0 Å². The Bertz CT molecular complexity index is 400. The normalized spacial score (nSPS) is 18.6. The van der Waals surface area contributed by atoms with Crippen LogP contribution in [0.15, 0.2) is 24.3 Å². The molecule has 1 aromatic rings. The van der Waals surface area contributed by atoms with Crippen molar-refractivity contribution < 1.29 is 0 Å². The largest absolute Gasteiger partial charge is 0.371 e. The van der Waals surface area contributed by atoms with Crippen molar-refractivity contribution in [2.45, 2.75) is 33.7 Å². The molecule has 1 saturated heterocycles. The lowest BCUT2D eigenvalue weighted by Crippen LogP contribution is -2.52. The fourth-order valence-corrected chi connectivity index (χ4v) is 2.52. The van der Waals surface area contributed by atoms with Gasteiger partial charge in [-0.15, -0.1) is 0 Å². The van der Waals surface area contributed by atoms with Gasteiger partial charge in [-0.1, -0.05) is 39.0 Å². The number of benzene rings is 1. The fraction of sp³-hybridized carbons (Fsp3) is 0.625. The molecule has 0 aliphatic carbocycles. The van der Waals surface area contributed by atoms with E-state index < -0.39 is 0 Å². The van der Waals surface area contributed by atoms with Crippen LogP contribution in [-0.2, 0) is 0 Å². The van der Waals surface area contributed by atoms with E-state index in [2.05, 4.69) is 62.2 Å². The highest BCUT2D eigenvalue weighted by molar-refractivity contribution is 5.56. The molecule has 1 aliphatic rings. The summed E-state index contributed by atoms with van der Waals surface area (Å²) in [6.07, 6.45) is 0. The maximum absolute atomic E-state index is 3.34. The quantitative estimate of drug-likeness (QED) is 0.879. The van der Waals surface area contributed by atoms with E-state index in [4.69, 9.17) is 0 Å². The van der Waals surface area contributed by atoms with E-state index in [1.807, 2.05) is 7.05 Å². The standard InChI is InChI=1S/C16H26N2/c1-12(17-5)14-8-6-7-9-15(14)18-10-13(11-18)16(2,3)4/h6-9,12-13,17H,10-11H2,1-5H3. The molecule has 0 spiro atoms. The van der Waals surface area contributed by atoms with E-state index in [9.17, 15) is 0 Å². The molecule has 2 rings (SSSR count). The van der Waals surface area contributed by atoms with Gasteiger partial charge in [-0.25, -0.2) is 0 Å². The van der Waals surface area contributed by atoms with Crippen molar-refractivity contribution >= 4 is 5.69 Å². The van der Waals surface area contributed by atoms with Crippen LogP contribution in [0, 0.1) is 11.3 Å². The molecule has 0 aromatic heterocycles. The van der Waals surface area contributed by atoms with Crippen LogP contribution >= 0.6 is 0 Å². The first-order valence-corrected chi connectivity index (χ1v) is 6.94. The number of nitrogens with one attached hydrogen (secondary N) is 1. The second kappa shape index (κ2) is 4.93. The fourth-order valence-electron chi connectivity index (χ4n) is 2.52. The van der Waals surface area contributed by atoms with E-state index >= 15 is 0 Å². The van der Waals surface area contributed by atoms with Gasteiger partial charge in [0, 0.05) is 24.8 Å². The zero-order valence-corrected chi connectivity index (χ0v) is 12.3. The predicted octanol–water partition coefficient (Wildman–Crippen LogP) is 3.45. The van der Waals surface area contributed by atoms with Gasteiger partial charge in [0.15, 0.2) is 0 Å². The van der Waals surface area contributed by atoms with Gasteiger partial charge in [-0.2, -0.15) is 0 Å². The van der Waals surface area contributed by atoms with Crippen molar-refractivity contribution in [3.8, 4) is 0 Å². The molecule has 0 bridgehead atoms. The Morgan fingerprint density at radius 1 is 1.22 bits per heavy atom. The molecular formula is C16H26N2. The third-order valence-corrected chi connectivity index (χ3v) is 4.28. The Morgan fingerprint density at radius 2 is 1.83 bits per heavy atom. The lowest BCUT2D eigenvalue weighted by atomic mass is 9.75. The topological polar surface area (TPSA) is 15.3 Å². The first kappa shape index (κ1) is 13.4. The SMILES string of the molecule is CNC(C)c1ccccc1N1CC(C(C)(C)C)C1. The van der Waals surface area contributed by atoms with E-state index in [1.165, 1.54) is 24.3 Å². The summed E-state index contributed by atoms with van der Waals surface area (Å²) in [5.41, 5.74) is 3.24. The number of anilines is 1. The maximum Gasteiger partial charge on any atom is 0.0414 e. The minimum atomic E-state index is 0.412. The van der Waals surface area contributed by atoms with Crippen molar-refractivity contribution in [2.75, 3.05) is 25.0 Å². The molecule has 100 valence electrons. The van der Waals surface area contributed by atoms with Gasteiger partial charge < -0.3 is 10.2 Å². The number of hydrogen-bond acceptors (Lipinski definition) is 2. The van der Waals surface area contributed by atoms with Gasteiger partial charge in [0.2, 0.25) is 0 Å². The Hall–Kier alpha value is -1.02. The molecular weight excluding hydrogens is 220 g/mol. The molecule has 1 atom stereocenters. The summed E-state index contributed by atoms with van der Waals surface area (Å²) in [5.74, 6) is 0.815. The Labute approximate surface area is 111 Å². The summed E-state index contributed by atoms with van der Waals surface area (Å²) >= 11 is 0. The Kier molecular flexibility index (Phi) is 3.67. The number of hydrogen-bond donors (Lipinski definition) is 1. The second-order valence-electron chi connectivity index (χ2n) is 6.54. The predicted molar refractivity (Wildman–Crippen MR) is 79.1 cm³/mol. The molecule has 1 unspecified atom stereocenters. The van der Waals surface area contributed by atoms with Gasteiger partial charge >= 0.3 is 0 Å². The highest BCUT2D eigenvalue weighted by atomic mass is 15.2. The van der Waals surface area contributed by atoms with Gasteiger partial charge in [0.25, 0.3) is 0 Å². The molecule has 1 N–H and O–H groups in total. The van der Waals surface area contributed by atoms with Crippen molar-refractivity contribution in [2.24, 2.45) is 11.3 Å². The molecule has 2 nitrogen and oxygen atoms in total. The Balaban J connectivity index is 2.12. The summed E-state index contributed by atoms with van der Waals surface area (Å²) in [6.45, 7) is 11.6. The lowest BCUT2D eigenvalue weighted by molar-refractivity contribution is 0.195. The zero-order valence-electron chi connectivity index (χ0n) is 12.3. The second-order valence-corrected chi connectivity index (χ2v) is 6.54. The van der Waals surface area contributed by atoms with E-state index in [0.717, 1.165) is 5.92 Å². The van der Waals surface area contributed by atoms with Gasteiger partial charge in [-0.3, -0.25) is 0 Å². The first-order chi connectivity index (χ1) is 8.43. The summed E-state index contributed by atoms with van der Waals surface area (Å²) < 4.78 is 0. The van der Waals surface area contributed by atoms with Crippen molar-refractivity contribution in [1.29, 1.82) is 0 Å². The number of nitrogens with zero attached hydrogens (tertiary/aromatic N) is 1. The van der Waals surface area contributed by atoms with Crippen LogP contribution in [0.2, 0.25) is 0 Å². The highest BCUT2D eigenvalue weighted by Gasteiger charge is 2.36. The van der Waals surface area contributed by atoms with Crippen LogP contribution in [0.3, 0.4) is 0 Å². The molecule has 1 aromatic carbocycles. The molecule has 0 amide bonds. The van der Waals surface area contributed by atoms with Gasteiger partial charge in [0.05, 0.1) is 0 Å². The average molecular weight is 246 g/mol. The van der Waals surface area contributed by atoms with Gasteiger partial charge in [-0.05, 0) is 36.9 Å². The van der Waals surface area contributed by atoms with Crippen LogP contribution in [0.4, 0.5) is 5.69 Å². The molecule has 1 aliphatic heterocycles. The smallest absolute Gasteiger partial charge is 0.0414 e. The van der Waals surface area contributed by atoms with Crippen LogP contribution in [-0.4, -0.2) is 20.1 Å². The van der Waals surface area contributed by atoms with E-state index in [0.29, 0.717) is 11.5 Å². The monoisotopic (exact) mass is 246 g/mol. The molecule has 0 radical (unpaired) electrons. The Morgan fingerprint density at radius 3 is 2.39 bits per heavy atom. The summed E-state index contributed by atoms with van der Waals surface area (Å²) in [6, 6.07) is 9.18. The lowest BCUT2D eigenvalue weighted by Gasteiger charge is -2.48. The number of rotatable bonds is 3. The van der Waals surface area contributed by atoms with Crippen molar-refractivity contribution in [3.63, 3.8) is 0 Å². The summed E-state index contributed by atoms with van der Waals surface area (Å²) in [7, 11) is 2.02. The maximum atomic E-state index is 3.34. The summed E-state index contributed by atoms with van der Waals surface area (Å²) in [5, 5.41) is 3.34. The highest BCUT2D eigenvalue weighted by Crippen LogP contribution is 2.38. The molecule has 0 saturated carbocycles. The minimum absolute atomic E-state index is 0.412. The third-order valence-electron chi connectivity index (χ3n) is 4.28.